The van der Waals surface area contributed by atoms with Gasteiger partial charge in [-0.3, -0.25) is 0 Å². The zero-order chi connectivity index (χ0) is 13.1. The van der Waals surface area contributed by atoms with Crippen LogP contribution in [0, 0.1) is 11.6 Å². The van der Waals surface area contributed by atoms with Crippen LogP contribution in [0.15, 0.2) is 30.3 Å². The van der Waals surface area contributed by atoms with E-state index in [1.165, 1.54) is 19.2 Å². The minimum atomic E-state index is -0.742. The molecule has 0 aliphatic rings. The van der Waals surface area contributed by atoms with Crippen LogP contribution < -0.4 is 10.5 Å². The fourth-order valence-corrected chi connectivity index (χ4v) is 1.53. The third-order valence-electron chi connectivity index (χ3n) is 2.43. The molecule has 0 bridgehead atoms. The van der Waals surface area contributed by atoms with E-state index in [-0.39, 0.29) is 0 Å². The standard InChI is InChI=1S/C12H11F2N3O/c1-18-11-3-2-10(16-17-11)12(15)7-4-8(13)6-9(14)5-7/h2-6,12H,15H2,1H3. The number of ether oxygens (including phenoxy) is 1. The summed E-state index contributed by atoms with van der Waals surface area (Å²) in [7, 11) is 1.46. The summed E-state index contributed by atoms with van der Waals surface area (Å²) in [5.74, 6) is -1.01. The number of halogens is 2. The van der Waals surface area contributed by atoms with Crippen LogP contribution in [0.1, 0.15) is 17.3 Å². The van der Waals surface area contributed by atoms with E-state index >= 15 is 0 Å². The molecule has 0 spiro atoms. The van der Waals surface area contributed by atoms with Crippen LogP contribution >= 0.6 is 0 Å². The highest BCUT2D eigenvalue weighted by atomic mass is 19.1. The van der Waals surface area contributed by atoms with Crippen molar-refractivity contribution in [2.45, 2.75) is 6.04 Å². The molecule has 1 atom stereocenters. The number of methoxy groups -OCH3 is 1. The first-order valence-electron chi connectivity index (χ1n) is 5.19. The van der Waals surface area contributed by atoms with Gasteiger partial charge in [-0.25, -0.2) is 8.78 Å². The molecule has 0 saturated carbocycles. The van der Waals surface area contributed by atoms with Gasteiger partial charge in [-0.05, 0) is 23.8 Å². The van der Waals surface area contributed by atoms with Gasteiger partial charge in [0, 0.05) is 12.1 Å². The van der Waals surface area contributed by atoms with Crippen molar-refractivity contribution in [2.24, 2.45) is 5.73 Å². The Labute approximate surface area is 102 Å². The average molecular weight is 251 g/mol. The second kappa shape index (κ2) is 5.05. The highest BCUT2D eigenvalue weighted by Gasteiger charge is 2.13. The SMILES string of the molecule is COc1ccc(C(N)c2cc(F)cc(F)c2)nn1. The van der Waals surface area contributed by atoms with Crippen LogP contribution in [-0.2, 0) is 0 Å². The highest BCUT2D eigenvalue weighted by molar-refractivity contribution is 5.28. The normalized spacial score (nSPS) is 12.2. The fourth-order valence-electron chi connectivity index (χ4n) is 1.53. The Morgan fingerprint density at radius 3 is 2.28 bits per heavy atom. The van der Waals surface area contributed by atoms with E-state index in [0.29, 0.717) is 17.1 Å². The Morgan fingerprint density at radius 2 is 1.78 bits per heavy atom. The van der Waals surface area contributed by atoms with Crippen molar-refractivity contribution in [1.29, 1.82) is 0 Å². The van der Waals surface area contributed by atoms with Gasteiger partial charge in [-0.1, -0.05) is 0 Å². The zero-order valence-electron chi connectivity index (χ0n) is 9.60. The molecule has 94 valence electrons. The molecule has 1 heterocycles. The molecule has 4 nitrogen and oxygen atoms in total. The number of rotatable bonds is 3. The quantitative estimate of drug-likeness (QED) is 0.903. The lowest BCUT2D eigenvalue weighted by molar-refractivity contribution is 0.390. The molecule has 1 aromatic carbocycles. The maximum atomic E-state index is 13.1. The van der Waals surface area contributed by atoms with E-state index < -0.39 is 17.7 Å². The summed E-state index contributed by atoms with van der Waals surface area (Å²) in [6.07, 6.45) is 0. The van der Waals surface area contributed by atoms with Crippen LogP contribution in [0.25, 0.3) is 0 Å². The van der Waals surface area contributed by atoms with Crippen molar-refractivity contribution < 1.29 is 13.5 Å². The van der Waals surface area contributed by atoms with Crippen molar-refractivity contribution >= 4 is 0 Å². The molecule has 0 fully saturated rings. The van der Waals surface area contributed by atoms with Gasteiger partial charge in [0.1, 0.15) is 11.6 Å². The van der Waals surface area contributed by atoms with E-state index in [0.717, 1.165) is 6.07 Å². The summed E-state index contributed by atoms with van der Waals surface area (Å²) in [6, 6.07) is 5.56. The second-order valence-electron chi connectivity index (χ2n) is 3.68. The lowest BCUT2D eigenvalue weighted by Gasteiger charge is -2.11. The molecule has 2 rings (SSSR count). The van der Waals surface area contributed by atoms with Gasteiger partial charge in [0.25, 0.3) is 0 Å². The van der Waals surface area contributed by atoms with Gasteiger partial charge in [0.05, 0.1) is 18.8 Å². The van der Waals surface area contributed by atoms with Crippen molar-refractivity contribution in [3.8, 4) is 5.88 Å². The molecule has 6 heteroatoms. The zero-order valence-corrected chi connectivity index (χ0v) is 9.60. The van der Waals surface area contributed by atoms with Crippen LogP contribution in [0.3, 0.4) is 0 Å². The molecular weight excluding hydrogens is 240 g/mol. The summed E-state index contributed by atoms with van der Waals surface area (Å²) in [4.78, 5) is 0. The molecule has 2 N–H and O–H groups in total. The fraction of sp³-hybridized carbons (Fsp3) is 0.167. The molecule has 0 saturated heterocycles. The van der Waals surface area contributed by atoms with E-state index in [9.17, 15) is 8.78 Å². The number of aromatic nitrogens is 2. The smallest absolute Gasteiger partial charge is 0.233 e. The first kappa shape index (κ1) is 12.4. The maximum Gasteiger partial charge on any atom is 0.233 e. The number of benzene rings is 1. The molecule has 1 unspecified atom stereocenters. The monoisotopic (exact) mass is 251 g/mol. The minimum absolute atomic E-state index is 0.298. The van der Waals surface area contributed by atoms with E-state index in [1.54, 1.807) is 12.1 Å². The summed E-state index contributed by atoms with van der Waals surface area (Å²) in [5, 5.41) is 7.59. The number of nitrogens with zero attached hydrogens (tertiary/aromatic N) is 2. The molecule has 2 aromatic rings. The molecule has 0 aliphatic carbocycles. The first-order valence-corrected chi connectivity index (χ1v) is 5.19. The Morgan fingerprint density at radius 1 is 1.11 bits per heavy atom. The number of hydrogen-bond acceptors (Lipinski definition) is 4. The topological polar surface area (TPSA) is 61.0 Å². The Hall–Kier alpha value is -2.08. The van der Waals surface area contributed by atoms with E-state index in [1.807, 2.05) is 0 Å². The van der Waals surface area contributed by atoms with Crippen LogP contribution in [0.2, 0.25) is 0 Å². The van der Waals surface area contributed by atoms with Gasteiger partial charge in [-0.2, -0.15) is 0 Å². The molecule has 0 radical (unpaired) electrons. The van der Waals surface area contributed by atoms with E-state index in [4.69, 9.17) is 10.5 Å². The van der Waals surface area contributed by atoms with Gasteiger partial charge >= 0.3 is 0 Å². The predicted octanol–water partition coefficient (Wildman–Crippen LogP) is 1.81. The molecular formula is C12H11F2N3O. The van der Waals surface area contributed by atoms with Gasteiger partial charge in [0.15, 0.2) is 0 Å². The maximum absolute atomic E-state index is 13.1. The second-order valence-corrected chi connectivity index (χ2v) is 3.68. The van der Waals surface area contributed by atoms with Crippen LogP contribution in [0.5, 0.6) is 5.88 Å². The summed E-state index contributed by atoms with van der Waals surface area (Å²) in [6.45, 7) is 0. The number of hydrogen-bond donors (Lipinski definition) is 1. The van der Waals surface area contributed by atoms with Crippen molar-refractivity contribution in [3.05, 3.63) is 53.2 Å². The van der Waals surface area contributed by atoms with Crippen molar-refractivity contribution in [2.75, 3.05) is 7.11 Å². The average Bonchev–Trinajstić information content (AvgIpc) is 2.37. The number of nitrogens with two attached hydrogens (primary N) is 1. The van der Waals surface area contributed by atoms with Crippen LogP contribution in [0.4, 0.5) is 8.78 Å². The third kappa shape index (κ3) is 2.60. The van der Waals surface area contributed by atoms with Gasteiger partial charge in [-0.15, -0.1) is 10.2 Å². The Bertz CT molecular complexity index is 525. The highest BCUT2D eigenvalue weighted by Crippen LogP contribution is 2.20. The Balaban J connectivity index is 2.31. The lowest BCUT2D eigenvalue weighted by Crippen LogP contribution is -2.14. The lowest BCUT2D eigenvalue weighted by atomic mass is 10.0. The summed E-state index contributed by atoms with van der Waals surface area (Å²) < 4.78 is 31.0. The van der Waals surface area contributed by atoms with E-state index in [2.05, 4.69) is 10.2 Å². The third-order valence-corrected chi connectivity index (χ3v) is 2.43. The molecule has 1 aromatic heterocycles. The molecule has 18 heavy (non-hydrogen) atoms. The summed E-state index contributed by atoms with van der Waals surface area (Å²) in [5.41, 5.74) is 6.57. The first-order chi connectivity index (χ1) is 8.60. The molecule has 0 aliphatic heterocycles. The van der Waals surface area contributed by atoms with Gasteiger partial charge in [0.2, 0.25) is 5.88 Å². The minimum Gasteiger partial charge on any atom is -0.480 e. The largest absolute Gasteiger partial charge is 0.480 e. The molecule has 0 amide bonds. The van der Waals surface area contributed by atoms with Gasteiger partial charge < -0.3 is 10.5 Å². The summed E-state index contributed by atoms with van der Waals surface area (Å²) >= 11 is 0. The Kier molecular flexibility index (Phi) is 3.47. The predicted molar refractivity (Wildman–Crippen MR) is 61.0 cm³/mol. The van der Waals surface area contributed by atoms with Crippen molar-refractivity contribution in [1.82, 2.24) is 10.2 Å². The van der Waals surface area contributed by atoms with Crippen LogP contribution in [-0.4, -0.2) is 17.3 Å². The van der Waals surface area contributed by atoms with Crippen molar-refractivity contribution in [3.63, 3.8) is 0 Å².